The first-order valence-electron chi connectivity index (χ1n) is 12.9. The number of rotatable bonds is 8. The van der Waals surface area contributed by atoms with Crippen molar-refractivity contribution in [1.82, 2.24) is 4.90 Å². The van der Waals surface area contributed by atoms with Gasteiger partial charge in [-0.1, -0.05) is 18.2 Å². The van der Waals surface area contributed by atoms with Crippen molar-refractivity contribution in [2.45, 2.75) is 18.9 Å². The van der Waals surface area contributed by atoms with Crippen LogP contribution in [0.4, 0.5) is 5.69 Å². The molecule has 0 aliphatic carbocycles. The van der Waals surface area contributed by atoms with Crippen LogP contribution in [-0.4, -0.2) is 63.0 Å². The molecule has 1 atom stereocenters. The van der Waals surface area contributed by atoms with Gasteiger partial charge in [0.25, 0.3) is 0 Å². The molecule has 0 spiro atoms. The Kier molecular flexibility index (Phi) is 7.88. The standard InChI is InChI=1S/C30H32N2O7/c1-36-23-9-7-22(8-10-23)32-13-11-31(12-14-32)18-24-16-26(33)29(35)30(39-24)25(17-28(34)37-2)21-15-20-5-3-4-6-27(20)38-19-21/h3-10,15-16,25,35H,11-14,17-19H2,1-2H3/t25-/m1/s1. The number of piperazine rings is 1. The van der Waals surface area contributed by atoms with Gasteiger partial charge in [0.1, 0.15) is 23.9 Å². The minimum Gasteiger partial charge on any atom is -0.502 e. The maximum Gasteiger partial charge on any atom is 0.306 e. The number of nitrogens with zero attached hydrogens (tertiary/aromatic N) is 2. The van der Waals surface area contributed by atoms with Crippen LogP contribution in [0.5, 0.6) is 17.2 Å². The Morgan fingerprint density at radius 1 is 1.05 bits per heavy atom. The molecule has 1 fully saturated rings. The first-order chi connectivity index (χ1) is 18.9. The van der Waals surface area contributed by atoms with Crippen LogP contribution in [-0.2, 0) is 16.1 Å². The molecule has 3 heterocycles. The molecule has 39 heavy (non-hydrogen) atoms. The fourth-order valence-corrected chi connectivity index (χ4v) is 5.02. The highest BCUT2D eigenvalue weighted by Crippen LogP contribution is 2.38. The summed E-state index contributed by atoms with van der Waals surface area (Å²) in [4.78, 5) is 29.7. The Labute approximate surface area is 226 Å². The number of carbonyl (C=O) groups is 1. The van der Waals surface area contributed by atoms with Crippen molar-refractivity contribution < 1.29 is 28.5 Å². The SMILES string of the molecule is COC(=O)C[C@H](C1=Cc2ccccc2OC1)c1oc(CN2CCN(c3ccc(OC)cc3)CC2)cc(=O)c1O. The Morgan fingerprint density at radius 3 is 2.51 bits per heavy atom. The van der Waals surface area contributed by atoms with Crippen molar-refractivity contribution >= 4 is 17.7 Å². The van der Waals surface area contributed by atoms with Crippen LogP contribution in [0.3, 0.4) is 0 Å². The molecular weight excluding hydrogens is 500 g/mol. The Morgan fingerprint density at radius 2 is 1.79 bits per heavy atom. The summed E-state index contributed by atoms with van der Waals surface area (Å²) >= 11 is 0. The molecular formula is C30H32N2O7. The lowest BCUT2D eigenvalue weighted by atomic mass is 9.89. The van der Waals surface area contributed by atoms with E-state index in [1.807, 2.05) is 54.6 Å². The van der Waals surface area contributed by atoms with Gasteiger partial charge in [-0.05, 0) is 42.0 Å². The third-order valence-electron chi connectivity index (χ3n) is 7.21. The lowest BCUT2D eigenvalue weighted by molar-refractivity contribution is -0.141. The van der Waals surface area contributed by atoms with E-state index in [2.05, 4.69) is 9.80 Å². The molecule has 5 rings (SSSR count). The highest BCUT2D eigenvalue weighted by Gasteiger charge is 2.30. The van der Waals surface area contributed by atoms with Gasteiger partial charge < -0.3 is 28.6 Å². The molecule has 1 aromatic heterocycles. The molecule has 0 bridgehead atoms. The van der Waals surface area contributed by atoms with Crippen molar-refractivity contribution in [2.75, 3.05) is 51.9 Å². The molecule has 2 aliphatic heterocycles. The molecule has 1 saturated heterocycles. The van der Waals surface area contributed by atoms with Gasteiger partial charge in [0, 0.05) is 43.5 Å². The monoisotopic (exact) mass is 532 g/mol. The molecule has 0 radical (unpaired) electrons. The van der Waals surface area contributed by atoms with Gasteiger partial charge in [-0.15, -0.1) is 0 Å². The molecule has 3 aromatic rings. The van der Waals surface area contributed by atoms with Crippen molar-refractivity contribution in [3.8, 4) is 17.2 Å². The summed E-state index contributed by atoms with van der Waals surface area (Å²) < 4.78 is 22.2. The maximum atomic E-state index is 12.8. The highest BCUT2D eigenvalue weighted by atomic mass is 16.5. The number of fused-ring (bicyclic) bond motifs is 1. The van der Waals surface area contributed by atoms with Crippen LogP contribution in [0, 0.1) is 0 Å². The summed E-state index contributed by atoms with van der Waals surface area (Å²) in [5, 5.41) is 10.8. The average Bonchev–Trinajstić information content (AvgIpc) is 2.98. The van der Waals surface area contributed by atoms with Gasteiger partial charge in [-0.3, -0.25) is 14.5 Å². The van der Waals surface area contributed by atoms with Gasteiger partial charge in [-0.2, -0.15) is 0 Å². The smallest absolute Gasteiger partial charge is 0.306 e. The molecule has 1 N–H and O–H groups in total. The lowest BCUT2D eigenvalue weighted by Crippen LogP contribution is -2.46. The van der Waals surface area contributed by atoms with Crippen LogP contribution < -0.4 is 19.8 Å². The summed E-state index contributed by atoms with van der Waals surface area (Å²) in [7, 11) is 2.95. The van der Waals surface area contributed by atoms with E-state index in [9.17, 15) is 14.7 Å². The van der Waals surface area contributed by atoms with Crippen molar-refractivity contribution in [3.05, 3.63) is 87.5 Å². The number of esters is 1. The molecule has 0 unspecified atom stereocenters. The van der Waals surface area contributed by atoms with E-state index in [4.69, 9.17) is 18.6 Å². The Hall–Kier alpha value is -4.24. The minimum atomic E-state index is -0.717. The molecule has 0 saturated carbocycles. The minimum absolute atomic E-state index is 0.0500. The fraction of sp³-hybridized carbons (Fsp3) is 0.333. The van der Waals surface area contributed by atoms with E-state index >= 15 is 0 Å². The van der Waals surface area contributed by atoms with Crippen molar-refractivity contribution in [2.24, 2.45) is 0 Å². The second kappa shape index (κ2) is 11.7. The van der Waals surface area contributed by atoms with Gasteiger partial charge in [-0.25, -0.2) is 0 Å². The number of hydrogen-bond acceptors (Lipinski definition) is 9. The zero-order valence-corrected chi connectivity index (χ0v) is 22.1. The van der Waals surface area contributed by atoms with Gasteiger partial charge >= 0.3 is 5.97 Å². The second-order valence-corrected chi connectivity index (χ2v) is 9.63. The maximum absolute atomic E-state index is 12.8. The summed E-state index contributed by atoms with van der Waals surface area (Å²) in [5.74, 6) is 0.323. The number of benzene rings is 2. The van der Waals surface area contributed by atoms with Gasteiger partial charge in [0.2, 0.25) is 11.2 Å². The van der Waals surface area contributed by atoms with Crippen LogP contribution in [0.25, 0.3) is 6.08 Å². The van der Waals surface area contributed by atoms with Crippen LogP contribution in [0.1, 0.15) is 29.4 Å². The lowest BCUT2D eigenvalue weighted by Gasteiger charge is -2.36. The van der Waals surface area contributed by atoms with E-state index in [0.29, 0.717) is 17.9 Å². The summed E-state index contributed by atoms with van der Waals surface area (Å²) in [5.41, 5.74) is 2.14. The number of carbonyl (C=O) groups excluding carboxylic acids is 1. The third-order valence-corrected chi connectivity index (χ3v) is 7.21. The molecule has 2 aliphatic rings. The van der Waals surface area contributed by atoms with Gasteiger partial charge in [0.05, 0.1) is 33.1 Å². The zero-order valence-electron chi connectivity index (χ0n) is 22.1. The topological polar surface area (TPSA) is 102 Å². The number of hydrogen-bond donors (Lipinski definition) is 1. The van der Waals surface area contributed by atoms with E-state index < -0.39 is 23.1 Å². The fourth-order valence-electron chi connectivity index (χ4n) is 5.02. The molecule has 204 valence electrons. The van der Waals surface area contributed by atoms with Crippen LogP contribution >= 0.6 is 0 Å². The van der Waals surface area contributed by atoms with E-state index in [0.717, 1.165) is 48.9 Å². The molecule has 9 heteroatoms. The second-order valence-electron chi connectivity index (χ2n) is 9.63. The Bertz CT molecular complexity index is 1410. The predicted molar refractivity (Wildman–Crippen MR) is 146 cm³/mol. The van der Waals surface area contributed by atoms with Crippen LogP contribution in [0.2, 0.25) is 0 Å². The largest absolute Gasteiger partial charge is 0.502 e. The van der Waals surface area contributed by atoms with E-state index in [-0.39, 0.29) is 18.8 Å². The molecule has 2 aromatic carbocycles. The van der Waals surface area contributed by atoms with E-state index in [1.165, 1.54) is 13.2 Å². The summed E-state index contributed by atoms with van der Waals surface area (Å²) in [6.07, 6.45) is 1.81. The van der Waals surface area contributed by atoms with Crippen molar-refractivity contribution in [1.29, 1.82) is 0 Å². The normalized spacial score (nSPS) is 16.1. The number of aromatic hydroxyl groups is 1. The first-order valence-corrected chi connectivity index (χ1v) is 12.9. The zero-order chi connectivity index (χ0) is 27.4. The highest BCUT2D eigenvalue weighted by molar-refractivity contribution is 5.73. The molecule has 9 nitrogen and oxygen atoms in total. The van der Waals surface area contributed by atoms with Crippen molar-refractivity contribution in [3.63, 3.8) is 0 Å². The molecule has 0 amide bonds. The third kappa shape index (κ3) is 5.93. The number of methoxy groups -OCH3 is 2. The van der Waals surface area contributed by atoms with Crippen LogP contribution in [0.15, 0.2) is 69.4 Å². The van der Waals surface area contributed by atoms with E-state index in [1.54, 1.807) is 7.11 Å². The quantitative estimate of drug-likeness (QED) is 0.434. The number of ether oxygens (including phenoxy) is 3. The number of anilines is 1. The summed E-state index contributed by atoms with van der Waals surface area (Å²) in [6, 6.07) is 16.9. The number of para-hydroxylation sites is 1. The first kappa shape index (κ1) is 26.4. The Balaban J connectivity index is 1.36. The predicted octanol–water partition coefficient (Wildman–Crippen LogP) is 3.80. The van der Waals surface area contributed by atoms with Gasteiger partial charge in [0.15, 0.2) is 5.76 Å². The summed E-state index contributed by atoms with van der Waals surface area (Å²) in [6.45, 7) is 3.77. The average molecular weight is 533 g/mol.